The number of carbonyl (C=O) groups is 1. The normalized spacial score (nSPS) is 10.1. The number of rotatable bonds is 3. The van der Waals surface area contributed by atoms with Gasteiger partial charge in [0.1, 0.15) is 5.75 Å². The molecule has 0 amide bonds. The average Bonchev–Trinajstić information content (AvgIpc) is 2.75. The van der Waals surface area contributed by atoms with Gasteiger partial charge in [-0.15, -0.1) is 0 Å². The molecule has 2 N–H and O–H groups in total. The zero-order chi connectivity index (χ0) is 11.5. The third kappa shape index (κ3) is 1.88. The van der Waals surface area contributed by atoms with Gasteiger partial charge in [0.05, 0.1) is 13.3 Å². The second-order valence-corrected chi connectivity index (χ2v) is 3.12. The molecule has 1 heterocycles. The summed E-state index contributed by atoms with van der Waals surface area (Å²) in [5.74, 6) is 0.558. The molecule has 0 bridgehead atoms. The number of hydrogen-bond donors (Lipinski definition) is 1. The number of hydrogen-bond acceptors (Lipinski definition) is 5. The fourth-order valence-electron chi connectivity index (χ4n) is 1.28. The SMILES string of the molecule is COc1ccc(C(=O)c2cnc(N)o2)cc1. The number of aromatic nitrogens is 1. The topological polar surface area (TPSA) is 78.3 Å². The molecule has 16 heavy (non-hydrogen) atoms. The van der Waals surface area contributed by atoms with E-state index < -0.39 is 0 Å². The van der Waals surface area contributed by atoms with E-state index in [-0.39, 0.29) is 17.6 Å². The van der Waals surface area contributed by atoms with Crippen molar-refractivity contribution in [2.75, 3.05) is 12.8 Å². The van der Waals surface area contributed by atoms with E-state index in [4.69, 9.17) is 14.9 Å². The molecule has 0 saturated heterocycles. The van der Waals surface area contributed by atoms with Crippen LogP contribution in [0.4, 0.5) is 6.01 Å². The Labute approximate surface area is 91.8 Å². The van der Waals surface area contributed by atoms with Crippen molar-refractivity contribution in [2.45, 2.75) is 0 Å². The zero-order valence-electron chi connectivity index (χ0n) is 8.64. The molecule has 82 valence electrons. The van der Waals surface area contributed by atoms with Gasteiger partial charge >= 0.3 is 0 Å². The van der Waals surface area contributed by atoms with Crippen LogP contribution >= 0.6 is 0 Å². The number of nitrogen functional groups attached to an aromatic ring is 1. The minimum Gasteiger partial charge on any atom is -0.497 e. The molecule has 0 aliphatic carbocycles. The minimum atomic E-state index is -0.258. The Hall–Kier alpha value is -2.30. The molecule has 5 nitrogen and oxygen atoms in total. The first-order chi connectivity index (χ1) is 7.70. The largest absolute Gasteiger partial charge is 0.497 e. The predicted molar refractivity (Wildman–Crippen MR) is 57.3 cm³/mol. The molecule has 1 aromatic carbocycles. The van der Waals surface area contributed by atoms with Crippen LogP contribution in [0.2, 0.25) is 0 Å². The van der Waals surface area contributed by atoms with Crippen molar-refractivity contribution >= 4 is 11.8 Å². The molecule has 0 fully saturated rings. The van der Waals surface area contributed by atoms with Gasteiger partial charge < -0.3 is 14.9 Å². The van der Waals surface area contributed by atoms with E-state index in [1.807, 2.05) is 0 Å². The maximum absolute atomic E-state index is 11.8. The number of anilines is 1. The number of oxazole rings is 1. The second-order valence-electron chi connectivity index (χ2n) is 3.12. The Morgan fingerprint density at radius 2 is 2.06 bits per heavy atom. The Balaban J connectivity index is 2.27. The van der Waals surface area contributed by atoms with Crippen LogP contribution in [-0.4, -0.2) is 17.9 Å². The van der Waals surface area contributed by atoms with Gasteiger partial charge in [-0.1, -0.05) is 0 Å². The summed E-state index contributed by atoms with van der Waals surface area (Å²) in [5.41, 5.74) is 5.79. The molecule has 2 aromatic rings. The summed E-state index contributed by atoms with van der Waals surface area (Å²) in [7, 11) is 1.56. The number of nitrogens with zero attached hydrogens (tertiary/aromatic N) is 1. The molecule has 0 unspecified atom stereocenters. The summed E-state index contributed by atoms with van der Waals surface area (Å²) in [4.78, 5) is 15.5. The van der Waals surface area contributed by atoms with Crippen molar-refractivity contribution in [3.8, 4) is 5.75 Å². The van der Waals surface area contributed by atoms with Crippen LogP contribution in [0.25, 0.3) is 0 Å². The average molecular weight is 218 g/mol. The van der Waals surface area contributed by atoms with Crippen LogP contribution < -0.4 is 10.5 Å². The highest BCUT2D eigenvalue weighted by Gasteiger charge is 2.13. The summed E-state index contributed by atoms with van der Waals surface area (Å²) < 4.78 is 9.93. The number of carbonyl (C=O) groups excluding carboxylic acids is 1. The first-order valence-corrected chi connectivity index (χ1v) is 4.61. The number of nitrogens with two attached hydrogens (primary N) is 1. The minimum absolute atomic E-state index is 0.0168. The molecule has 0 atom stereocenters. The molecule has 0 radical (unpaired) electrons. The van der Waals surface area contributed by atoms with E-state index in [1.165, 1.54) is 6.20 Å². The molecule has 0 spiro atoms. The standard InChI is InChI=1S/C11H10N2O3/c1-15-8-4-2-7(3-5-8)10(14)9-6-13-11(12)16-9/h2-6H,1H3,(H2,12,13). The van der Waals surface area contributed by atoms with E-state index in [9.17, 15) is 4.79 Å². The third-order valence-corrected chi connectivity index (χ3v) is 2.10. The second kappa shape index (κ2) is 4.06. The van der Waals surface area contributed by atoms with Gasteiger partial charge in [-0.25, -0.2) is 4.98 Å². The Kier molecular flexibility index (Phi) is 2.59. The molecule has 1 aromatic heterocycles. The first kappa shape index (κ1) is 10.2. The van der Waals surface area contributed by atoms with Gasteiger partial charge in [0, 0.05) is 5.56 Å². The van der Waals surface area contributed by atoms with Gasteiger partial charge in [-0.05, 0) is 24.3 Å². The highest BCUT2D eigenvalue weighted by atomic mass is 16.5. The predicted octanol–water partition coefficient (Wildman–Crippen LogP) is 1.50. The highest BCUT2D eigenvalue weighted by Crippen LogP contribution is 2.15. The Morgan fingerprint density at radius 3 is 2.56 bits per heavy atom. The summed E-state index contributed by atoms with van der Waals surface area (Å²) in [6.45, 7) is 0. The van der Waals surface area contributed by atoms with E-state index in [0.29, 0.717) is 11.3 Å². The van der Waals surface area contributed by atoms with E-state index in [0.717, 1.165) is 0 Å². The summed E-state index contributed by atoms with van der Waals surface area (Å²) >= 11 is 0. The quantitative estimate of drug-likeness (QED) is 0.790. The van der Waals surface area contributed by atoms with Gasteiger partial charge in [0.15, 0.2) is 5.76 Å². The number of benzene rings is 1. The summed E-state index contributed by atoms with van der Waals surface area (Å²) in [6.07, 6.45) is 1.31. The van der Waals surface area contributed by atoms with Crippen molar-refractivity contribution in [3.63, 3.8) is 0 Å². The molecule has 5 heteroatoms. The Morgan fingerprint density at radius 1 is 1.38 bits per heavy atom. The summed E-state index contributed by atoms with van der Waals surface area (Å²) in [6, 6.07) is 6.69. The smallest absolute Gasteiger partial charge is 0.292 e. The highest BCUT2D eigenvalue weighted by molar-refractivity contribution is 6.07. The molecule has 2 rings (SSSR count). The van der Waals surface area contributed by atoms with Crippen LogP contribution in [0.3, 0.4) is 0 Å². The fraction of sp³-hybridized carbons (Fsp3) is 0.0909. The third-order valence-electron chi connectivity index (χ3n) is 2.10. The molecular weight excluding hydrogens is 208 g/mol. The van der Waals surface area contributed by atoms with Crippen molar-refractivity contribution in [1.29, 1.82) is 0 Å². The number of ether oxygens (including phenoxy) is 1. The van der Waals surface area contributed by atoms with Gasteiger partial charge in [-0.2, -0.15) is 0 Å². The van der Waals surface area contributed by atoms with Crippen molar-refractivity contribution in [2.24, 2.45) is 0 Å². The Bertz CT molecular complexity index is 502. The van der Waals surface area contributed by atoms with E-state index in [2.05, 4.69) is 4.98 Å². The molecule has 0 aliphatic rings. The van der Waals surface area contributed by atoms with Crippen molar-refractivity contribution in [1.82, 2.24) is 4.98 Å². The van der Waals surface area contributed by atoms with Gasteiger partial charge in [0.25, 0.3) is 6.01 Å². The lowest BCUT2D eigenvalue weighted by Gasteiger charge is -2.00. The van der Waals surface area contributed by atoms with Crippen LogP contribution in [0.1, 0.15) is 16.1 Å². The lowest BCUT2D eigenvalue weighted by Crippen LogP contribution is -1.99. The van der Waals surface area contributed by atoms with Crippen LogP contribution in [0.5, 0.6) is 5.75 Å². The van der Waals surface area contributed by atoms with Crippen LogP contribution in [0.15, 0.2) is 34.9 Å². The van der Waals surface area contributed by atoms with Crippen LogP contribution in [-0.2, 0) is 0 Å². The van der Waals surface area contributed by atoms with E-state index >= 15 is 0 Å². The van der Waals surface area contributed by atoms with Gasteiger partial charge in [-0.3, -0.25) is 4.79 Å². The molecule has 0 aliphatic heterocycles. The summed E-state index contributed by atoms with van der Waals surface area (Å²) in [5, 5.41) is 0. The fourth-order valence-corrected chi connectivity index (χ4v) is 1.28. The maximum atomic E-state index is 11.8. The lowest BCUT2D eigenvalue weighted by atomic mass is 10.1. The van der Waals surface area contributed by atoms with E-state index in [1.54, 1.807) is 31.4 Å². The lowest BCUT2D eigenvalue weighted by molar-refractivity contribution is 0.101. The van der Waals surface area contributed by atoms with Crippen LogP contribution in [0, 0.1) is 0 Å². The number of methoxy groups -OCH3 is 1. The van der Waals surface area contributed by atoms with Crippen molar-refractivity contribution in [3.05, 3.63) is 41.8 Å². The maximum Gasteiger partial charge on any atom is 0.292 e. The zero-order valence-corrected chi connectivity index (χ0v) is 8.64. The van der Waals surface area contributed by atoms with Crippen molar-refractivity contribution < 1.29 is 13.9 Å². The monoisotopic (exact) mass is 218 g/mol. The molecular formula is C11H10N2O3. The first-order valence-electron chi connectivity index (χ1n) is 4.61. The van der Waals surface area contributed by atoms with Gasteiger partial charge in [0.2, 0.25) is 5.78 Å². The molecule has 0 saturated carbocycles. The number of ketones is 1.